The fourth-order valence-corrected chi connectivity index (χ4v) is 2.53. The zero-order chi connectivity index (χ0) is 17.3. The molecule has 0 radical (unpaired) electrons. The lowest BCUT2D eigenvalue weighted by Crippen LogP contribution is -2.54. The van der Waals surface area contributed by atoms with Crippen LogP contribution in [0.15, 0.2) is 36.4 Å². The number of nitrogens with zero attached hydrogens (tertiary/aromatic N) is 1. The maximum Gasteiger partial charge on any atom is 0.415 e. The van der Waals surface area contributed by atoms with E-state index in [1.165, 1.54) is 18.1 Å². The molecule has 0 bridgehead atoms. The van der Waals surface area contributed by atoms with Crippen molar-refractivity contribution in [3.63, 3.8) is 0 Å². The van der Waals surface area contributed by atoms with Gasteiger partial charge < -0.3 is 19.5 Å². The highest BCUT2D eigenvalue weighted by Gasteiger charge is 2.31. The lowest BCUT2D eigenvalue weighted by atomic mass is 10.0. The van der Waals surface area contributed by atoms with E-state index < -0.39 is 18.0 Å². The van der Waals surface area contributed by atoms with Crippen LogP contribution >= 0.6 is 11.6 Å². The van der Waals surface area contributed by atoms with Gasteiger partial charge in [-0.3, -0.25) is 0 Å². The minimum Gasteiger partial charge on any atom is -0.494 e. The zero-order valence-corrected chi connectivity index (χ0v) is 13.6. The summed E-state index contributed by atoms with van der Waals surface area (Å²) in [6.45, 7) is 0.335. The number of carbonyl (C=O) groups excluding carboxylic acids is 1. The Morgan fingerprint density at radius 3 is 2.50 bits per heavy atom. The smallest absolute Gasteiger partial charge is 0.415 e. The lowest BCUT2D eigenvalue weighted by Gasteiger charge is -2.34. The minimum atomic E-state index is -0.764. The Bertz CT molecular complexity index is 760. The number of rotatable bonds is 3. The van der Waals surface area contributed by atoms with Crippen LogP contribution in [0.5, 0.6) is 11.5 Å². The summed E-state index contributed by atoms with van der Waals surface area (Å²) in [5, 5.41) is 9.82. The van der Waals surface area contributed by atoms with Crippen LogP contribution in [0.1, 0.15) is 0 Å². The van der Waals surface area contributed by atoms with Crippen LogP contribution in [0, 0.1) is 5.82 Å². The molecule has 0 spiro atoms. The van der Waals surface area contributed by atoms with E-state index in [2.05, 4.69) is 0 Å². The molecule has 24 heavy (non-hydrogen) atoms. The van der Waals surface area contributed by atoms with Gasteiger partial charge in [0.2, 0.25) is 5.82 Å². The summed E-state index contributed by atoms with van der Waals surface area (Å²) in [5.74, 6) is -1.01. The van der Waals surface area contributed by atoms with Crippen molar-refractivity contribution >= 4 is 17.7 Å². The molecule has 1 saturated heterocycles. The molecule has 1 N–H and O–H groups in total. The molecule has 0 aromatic heterocycles. The number of likely N-dealkylation sites (tertiary alicyclic amines) is 1. The third-order valence-corrected chi connectivity index (χ3v) is 4.00. The van der Waals surface area contributed by atoms with Gasteiger partial charge in [0, 0.05) is 10.6 Å². The molecular weight excluding hydrogens is 337 g/mol. The van der Waals surface area contributed by atoms with Gasteiger partial charge in [-0.2, -0.15) is 4.39 Å². The Labute approximate surface area is 143 Å². The van der Waals surface area contributed by atoms with Gasteiger partial charge in [0.1, 0.15) is 0 Å². The van der Waals surface area contributed by atoms with Crippen molar-refractivity contribution in [1.29, 1.82) is 0 Å². The summed E-state index contributed by atoms with van der Waals surface area (Å²) in [6, 6.07) is 9.80. The van der Waals surface area contributed by atoms with E-state index >= 15 is 0 Å². The number of aliphatic hydroxyl groups excluding tert-OH is 1. The van der Waals surface area contributed by atoms with E-state index in [0.29, 0.717) is 16.1 Å². The molecule has 1 amide bonds. The number of β-amino-alcohol motifs (C(OH)–C–C–N with tert-alkyl or cyclic N) is 1. The first-order valence-corrected chi connectivity index (χ1v) is 7.64. The summed E-state index contributed by atoms with van der Waals surface area (Å²) in [4.78, 5) is 13.4. The summed E-state index contributed by atoms with van der Waals surface area (Å²) < 4.78 is 24.8. The molecule has 1 fully saturated rings. The van der Waals surface area contributed by atoms with Gasteiger partial charge >= 0.3 is 6.09 Å². The molecule has 1 heterocycles. The molecule has 0 saturated carbocycles. The van der Waals surface area contributed by atoms with Crippen LogP contribution < -0.4 is 9.47 Å². The molecule has 5 nitrogen and oxygen atoms in total. The SMILES string of the molecule is COc1ccc(-c2ccc(Cl)cc2)c(OC(=O)N2CC(O)C2)c1F. The highest BCUT2D eigenvalue weighted by Crippen LogP contribution is 2.38. The Morgan fingerprint density at radius 1 is 1.25 bits per heavy atom. The second-order valence-corrected chi connectivity index (χ2v) is 5.83. The summed E-state index contributed by atoms with van der Waals surface area (Å²) in [7, 11) is 1.33. The van der Waals surface area contributed by atoms with E-state index in [9.17, 15) is 14.3 Å². The normalized spacial score (nSPS) is 14.2. The quantitative estimate of drug-likeness (QED) is 0.921. The van der Waals surface area contributed by atoms with E-state index in [-0.39, 0.29) is 24.6 Å². The molecule has 0 aliphatic carbocycles. The van der Waals surface area contributed by atoms with Gasteiger partial charge in [-0.05, 0) is 29.8 Å². The first-order valence-electron chi connectivity index (χ1n) is 7.27. The number of benzene rings is 2. The first-order chi connectivity index (χ1) is 11.5. The van der Waals surface area contributed by atoms with Crippen LogP contribution in [0.2, 0.25) is 5.02 Å². The van der Waals surface area contributed by atoms with Gasteiger partial charge in [0.05, 0.1) is 26.3 Å². The second kappa shape index (κ2) is 6.67. The largest absolute Gasteiger partial charge is 0.494 e. The molecule has 0 atom stereocenters. The maximum atomic E-state index is 14.6. The van der Waals surface area contributed by atoms with Crippen LogP contribution in [0.3, 0.4) is 0 Å². The van der Waals surface area contributed by atoms with E-state index in [4.69, 9.17) is 21.1 Å². The molecule has 1 aliphatic rings. The molecule has 0 unspecified atom stereocenters. The Kier molecular flexibility index (Phi) is 4.59. The molecule has 2 aromatic rings. The van der Waals surface area contributed by atoms with Crippen molar-refractivity contribution in [1.82, 2.24) is 4.90 Å². The van der Waals surface area contributed by atoms with Crippen LogP contribution in [-0.4, -0.2) is 42.4 Å². The van der Waals surface area contributed by atoms with Crippen LogP contribution in [-0.2, 0) is 0 Å². The molecule has 126 valence electrons. The van der Waals surface area contributed by atoms with Crippen molar-refractivity contribution < 1.29 is 23.8 Å². The van der Waals surface area contributed by atoms with Gasteiger partial charge in [0.25, 0.3) is 0 Å². The van der Waals surface area contributed by atoms with Gasteiger partial charge in [-0.25, -0.2) is 4.79 Å². The number of carbonyl (C=O) groups is 1. The zero-order valence-electron chi connectivity index (χ0n) is 12.8. The Hall–Kier alpha value is -2.31. The Morgan fingerprint density at radius 2 is 1.92 bits per heavy atom. The standard InChI is InChI=1S/C17H15ClFNO4/c1-23-14-7-6-13(10-2-4-11(18)5-3-10)16(15(14)19)24-17(22)20-8-12(21)9-20/h2-7,12,21H,8-9H2,1H3. The van der Waals surface area contributed by atoms with Gasteiger partial charge in [0.15, 0.2) is 11.5 Å². The molecule has 1 aliphatic heterocycles. The van der Waals surface area contributed by atoms with E-state index in [1.54, 1.807) is 30.3 Å². The number of halogens is 2. The van der Waals surface area contributed by atoms with E-state index in [1.807, 2.05) is 0 Å². The van der Waals surface area contributed by atoms with Crippen molar-refractivity contribution in [3.05, 3.63) is 47.2 Å². The Balaban J connectivity index is 1.97. The monoisotopic (exact) mass is 351 g/mol. The summed E-state index contributed by atoms with van der Waals surface area (Å²) in [5.41, 5.74) is 1.05. The minimum absolute atomic E-state index is 0.0286. The fraction of sp³-hybridized carbons (Fsp3) is 0.235. The number of hydrogen-bond acceptors (Lipinski definition) is 4. The fourth-order valence-electron chi connectivity index (χ4n) is 2.41. The molecular formula is C17H15ClFNO4. The maximum absolute atomic E-state index is 14.6. The molecule has 3 rings (SSSR count). The number of aliphatic hydroxyl groups is 1. The van der Waals surface area contributed by atoms with Crippen LogP contribution in [0.4, 0.5) is 9.18 Å². The first kappa shape index (κ1) is 16.5. The number of ether oxygens (including phenoxy) is 2. The van der Waals surface area contributed by atoms with Gasteiger partial charge in [-0.15, -0.1) is 0 Å². The van der Waals surface area contributed by atoms with Crippen LogP contribution in [0.25, 0.3) is 11.1 Å². The van der Waals surface area contributed by atoms with Crippen molar-refractivity contribution in [2.75, 3.05) is 20.2 Å². The van der Waals surface area contributed by atoms with Crippen molar-refractivity contribution in [3.8, 4) is 22.6 Å². The third-order valence-electron chi connectivity index (χ3n) is 3.75. The van der Waals surface area contributed by atoms with Crippen molar-refractivity contribution in [2.45, 2.75) is 6.10 Å². The second-order valence-electron chi connectivity index (χ2n) is 5.39. The highest BCUT2D eigenvalue weighted by atomic mass is 35.5. The number of methoxy groups -OCH3 is 1. The summed E-state index contributed by atoms with van der Waals surface area (Å²) in [6.07, 6.45) is -1.29. The molecule has 2 aromatic carbocycles. The summed E-state index contributed by atoms with van der Waals surface area (Å²) >= 11 is 5.87. The average molecular weight is 352 g/mol. The number of amides is 1. The predicted molar refractivity (Wildman–Crippen MR) is 87.0 cm³/mol. The van der Waals surface area contributed by atoms with Crippen molar-refractivity contribution in [2.24, 2.45) is 0 Å². The highest BCUT2D eigenvalue weighted by molar-refractivity contribution is 6.30. The van der Waals surface area contributed by atoms with Gasteiger partial charge in [-0.1, -0.05) is 23.7 Å². The third kappa shape index (κ3) is 3.16. The number of hydrogen-bond donors (Lipinski definition) is 1. The van der Waals surface area contributed by atoms with E-state index in [0.717, 1.165) is 0 Å². The predicted octanol–water partition coefficient (Wildman–Crippen LogP) is 3.33. The molecule has 7 heteroatoms. The average Bonchev–Trinajstić information content (AvgIpc) is 2.54. The lowest BCUT2D eigenvalue weighted by molar-refractivity contribution is 0.0123. The topological polar surface area (TPSA) is 59.0 Å².